The van der Waals surface area contributed by atoms with E-state index in [4.69, 9.17) is 0 Å². The summed E-state index contributed by atoms with van der Waals surface area (Å²) in [6.45, 7) is 4.89. The predicted molar refractivity (Wildman–Crippen MR) is 91.6 cm³/mol. The molecule has 1 atom stereocenters. The lowest BCUT2D eigenvalue weighted by Crippen LogP contribution is -2.39. The molecule has 3 rings (SSSR count). The number of anilines is 1. The summed E-state index contributed by atoms with van der Waals surface area (Å²) in [7, 11) is 0. The van der Waals surface area contributed by atoms with Gasteiger partial charge in [0, 0.05) is 24.2 Å². The number of aromatic amines is 1. The molecule has 1 fully saturated rings. The van der Waals surface area contributed by atoms with Gasteiger partial charge in [-0.15, -0.1) is 0 Å². The fourth-order valence-electron chi connectivity index (χ4n) is 2.66. The molecule has 0 saturated heterocycles. The maximum atomic E-state index is 12.4. The third-order valence-electron chi connectivity index (χ3n) is 4.31. The molecule has 1 aromatic carbocycles. The highest BCUT2D eigenvalue weighted by Crippen LogP contribution is 2.40. The van der Waals surface area contributed by atoms with Crippen LogP contribution in [0.3, 0.4) is 0 Å². The quantitative estimate of drug-likeness (QED) is 0.735. The molecule has 1 unspecified atom stereocenters. The Balaban J connectivity index is 1.60. The molecule has 1 aliphatic carbocycles. The van der Waals surface area contributed by atoms with E-state index in [0.717, 1.165) is 24.2 Å². The second-order valence-corrected chi connectivity index (χ2v) is 6.54. The van der Waals surface area contributed by atoms with Crippen LogP contribution in [-0.4, -0.2) is 28.7 Å². The highest BCUT2D eigenvalue weighted by Gasteiger charge is 2.30. The number of nitrogens with one attached hydrogen (secondary N) is 3. The van der Waals surface area contributed by atoms with Crippen LogP contribution in [0.5, 0.6) is 0 Å². The van der Waals surface area contributed by atoms with Gasteiger partial charge in [-0.25, -0.2) is 0 Å². The highest BCUT2D eigenvalue weighted by atomic mass is 16.1. The Kier molecular flexibility index (Phi) is 4.65. The van der Waals surface area contributed by atoms with Crippen molar-refractivity contribution < 1.29 is 4.79 Å². The number of rotatable bonds is 7. The summed E-state index contributed by atoms with van der Waals surface area (Å²) >= 11 is 0. The van der Waals surface area contributed by atoms with E-state index in [9.17, 15) is 4.79 Å². The van der Waals surface area contributed by atoms with Gasteiger partial charge in [0.15, 0.2) is 0 Å². The van der Waals surface area contributed by atoms with Crippen LogP contribution in [-0.2, 0) is 0 Å². The topological polar surface area (TPSA) is 69.8 Å². The summed E-state index contributed by atoms with van der Waals surface area (Å²) in [5, 5.41) is 13.5. The van der Waals surface area contributed by atoms with E-state index in [0.29, 0.717) is 23.9 Å². The van der Waals surface area contributed by atoms with Crippen LogP contribution < -0.4 is 10.6 Å². The standard InChI is InChI=1S/C18H24N4O/c1-12(2)16(21-14-6-4-3-5-7-14)11-19-18(23)15-10-20-22-17(15)13-8-9-13/h3-7,10,12-13,16,21H,8-9,11H2,1-2H3,(H,19,23)(H,20,22). The summed E-state index contributed by atoms with van der Waals surface area (Å²) in [4.78, 5) is 12.4. The number of nitrogens with zero attached hydrogens (tertiary/aromatic N) is 1. The molecular weight excluding hydrogens is 288 g/mol. The molecule has 0 radical (unpaired) electrons. The van der Waals surface area contributed by atoms with Crippen molar-refractivity contribution in [3.8, 4) is 0 Å². The number of hydrogen-bond acceptors (Lipinski definition) is 3. The Labute approximate surface area is 136 Å². The predicted octanol–water partition coefficient (Wildman–Crippen LogP) is 3.15. The van der Waals surface area contributed by atoms with Gasteiger partial charge < -0.3 is 10.6 Å². The Bertz CT molecular complexity index is 646. The fraction of sp³-hybridized carbons (Fsp3) is 0.444. The van der Waals surface area contributed by atoms with Crippen LogP contribution in [0.1, 0.15) is 48.7 Å². The van der Waals surface area contributed by atoms with E-state index >= 15 is 0 Å². The first-order valence-corrected chi connectivity index (χ1v) is 8.28. The largest absolute Gasteiger partial charge is 0.380 e. The van der Waals surface area contributed by atoms with Crippen molar-refractivity contribution in [1.29, 1.82) is 0 Å². The number of aromatic nitrogens is 2. The fourth-order valence-corrected chi connectivity index (χ4v) is 2.66. The van der Waals surface area contributed by atoms with E-state index in [1.807, 2.05) is 30.3 Å². The van der Waals surface area contributed by atoms with E-state index in [-0.39, 0.29) is 11.9 Å². The van der Waals surface area contributed by atoms with E-state index in [1.165, 1.54) is 0 Å². The summed E-state index contributed by atoms with van der Waals surface area (Å²) in [6.07, 6.45) is 3.93. The Hall–Kier alpha value is -2.30. The zero-order chi connectivity index (χ0) is 16.2. The molecule has 2 aromatic rings. The average Bonchev–Trinajstić information content (AvgIpc) is 3.28. The number of benzene rings is 1. The molecule has 1 aromatic heterocycles. The molecular formula is C18H24N4O. The lowest BCUT2D eigenvalue weighted by Gasteiger charge is -2.24. The molecule has 1 saturated carbocycles. The third-order valence-corrected chi connectivity index (χ3v) is 4.31. The zero-order valence-electron chi connectivity index (χ0n) is 13.7. The molecule has 1 amide bonds. The van der Waals surface area contributed by atoms with E-state index < -0.39 is 0 Å². The molecule has 0 aliphatic heterocycles. The van der Waals surface area contributed by atoms with Crippen molar-refractivity contribution in [3.63, 3.8) is 0 Å². The summed E-state index contributed by atoms with van der Waals surface area (Å²) < 4.78 is 0. The van der Waals surface area contributed by atoms with Gasteiger partial charge >= 0.3 is 0 Å². The number of carbonyl (C=O) groups is 1. The summed E-state index contributed by atoms with van der Waals surface area (Å²) in [6, 6.07) is 10.3. The third kappa shape index (κ3) is 3.92. The molecule has 1 heterocycles. The maximum Gasteiger partial charge on any atom is 0.254 e. The van der Waals surface area contributed by atoms with Gasteiger partial charge in [-0.3, -0.25) is 9.89 Å². The van der Waals surface area contributed by atoms with Crippen LogP contribution in [0.15, 0.2) is 36.5 Å². The Morgan fingerprint density at radius 2 is 2.04 bits per heavy atom. The van der Waals surface area contributed by atoms with Crippen LogP contribution in [0.2, 0.25) is 0 Å². The molecule has 0 spiro atoms. The van der Waals surface area contributed by atoms with Crippen molar-refractivity contribution in [2.24, 2.45) is 5.92 Å². The summed E-state index contributed by atoms with van der Waals surface area (Å²) in [5.41, 5.74) is 2.75. The average molecular weight is 312 g/mol. The number of hydrogen-bond donors (Lipinski definition) is 3. The van der Waals surface area contributed by atoms with E-state index in [1.54, 1.807) is 6.20 Å². The lowest BCUT2D eigenvalue weighted by molar-refractivity contribution is 0.0949. The summed E-state index contributed by atoms with van der Waals surface area (Å²) in [5.74, 6) is 0.852. The van der Waals surface area contributed by atoms with Crippen LogP contribution in [0.25, 0.3) is 0 Å². The minimum Gasteiger partial charge on any atom is -0.380 e. The molecule has 23 heavy (non-hydrogen) atoms. The Morgan fingerprint density at radius 1 is 1.30 bits per heavy atom. The smallest absolute Gasteiger partial charge is 0.254 e. The molecule has 5 heteroatoms. The Morgan fingerprint density at radius 3 is 2.70 bits per heavy atom. The number of carbonyl (C=O) groups excluding carboxylic acids is 1. The molecule has 122 valence electrons. The van der Waals surface area contributed by atoms with Crippen molar-refractivity contribution >= 4 is 11.6 Å². The second-order valence-electron chi connectivity index (χ2n) is 6.54. The maximum absolute atomic E-state index is 12.4. The van der Waals surface area contributed by atoms with Crippen LogP contribution in [0.4, 0.5) is 5.69 Å². The first kappa shape index (κ1) is 15.6. The van der Waals surface area contributed by atoms with Gasteiger partial charge in [-0.05, 0) is 30.9 Å². The van der Waals surface area contributed by atoms with Crippen LogP contribution in [0, 0.1) is 5.92 Å². The van der Waals surface area contributed by atoms with Gasteiger partial charge in [-0.2, -0.15) is 5.10 Å². The van der Waals surface area contributed by atoms with Gasteiger partial charge in [0.2, 0.25) is 0 Å². The highest BCUT2D eigenvalue weighted by molar-refractivity contribution is 5.95. The molecule has 1 aliphatic rings. The lowest BCUT2D eigenvalue weighted by atomic mass is 10.0. The normalized spacial score (nSPS) is 15.4. The van der Waals surface area contributed by atoms with E-state index in [2.05, 4.69) is 34.7 Å². The minimum atomic E-state index is -0.0406. The van der Waals surface area contributed by atoms with Gasteiger partial charge in [0.1, 0.15) is 0 Å². The monoisotopic (exact) mass is 312 g/mol. The zero-order valence-corrected chi connectivity index (χ0v) is 13.7. The van der Waals surface area contributed by atoms with Gasteiger partial charge in [0.25, 0.3) is 5.91 Å². The van der Waals surface area contributed by atoms with Crippen LogP contribution >= 0.6 is 0 Å². The van der Waals surface area contributed by atoms with Crippen molar-refractivity contribution in [1.82, 2.24) is 15.5 Å². The number of amides is 1. The minimum absolute atomic E-state index is 0.0406. The molecule has 3 N–H and O–H groups in total. The second kappa shape index (κ2) is 6.86. The first-order valence-electron chi connectivity index (χ1n) is 8.28. The first-order chi connectivity index (χ1) is 11.1. The molecule has 0 bridgehead atoms. The number of H-pyrrole nitrogens is 1. The van der Waals surface area contributed by atoms with Crippen molar-refractivity contribution in [2.45, 2.75) is 38.6 Å². The number of para-hydroxylation sites is 1. The van der Waals surface area contributed by atoms with Crippen molar-refractivity contribution in [2.75, 3.05) is 11.9 Å². The molecule has 5 nitrogen and oxygen atoms in total. The van der Waals surface area contributed by atoms with Gasteiger partial charge in [-0.1, -0.05) is 32.0 Å². The van der Waals surface area contributed by atoms with Crippen molar-refractivity contribution in [3.05, 3.63) is 47.8 Å². The SMILES string of the molecule is CC(C)C(CNC(=O)c1cn[nH]c1C1CC1)Nc1ccccc1. The van der Waals surface area contributed by atoms with Gasteiger partial charge in [0.05, 0.1) is 17.5 Å².